The van der Waals surface area contributed by atoms with Crippen LogP contribution < -0.4 is 10.2 Å². The minimum atomic E-state index is 0.649. The monoisotopic (exact) mass is 251 g/mol. The fourth-order valence-corrected chi connectivity index (χ4v) is 2.33. The van der Waals surface area contributed by atoms with Crippen molar-refractivity contribution < 1.29 is 0 Å². The molecule has 0 aromatic carbocycles. The van der Waals surface area contributed by atoms with Gasteiger partial charge in [-0.2, -0.15) is 0 Å². The topological polar surface area (TPSA) is 28.2 Å². The van der Waals surface area contributed by atoms with E-state index in [2.05, 4.69) is 22.2 Å². The second-order valence-electron chi connectivity index (χ2n) is 5.15. The molecule has 1 heterocycles. The van der Waals surface area contributed by atoms with Crippen LogP contribution in [0, 0.1) is 0 Å². The first kappa shape index (κ1) is 11.3. The standard InChI is InChI=1S/C13H18ClN3/c1-17(11-4-5-11)13-12(14)6-9(8-16-13)7-15-10-2-3-10/h6,8,10-11,15H,2-5,7H2,1H3. The van der Waals surface area contributed by atoms with E-state index >= 15 is 0 Å². The first-order valence-corrected chi connectivity index (χ1v) is 6.72. The number of nitrogens with zero attached hydrogens (tertiary/aromatic N) is 2. The van der Waals surface area contributed by atoms with Gasteiger partial charge in [-0.1, -0.05) is 11.6 Å². The number of halogens is 1. The van der Waals surface area contributed by atoms with Crippen LogP contribution >= 0.6 is 11.6 Å². The van der Waals surface area contributed by atoms with Crippen LogP contribution in [0.2, 0.25) is 5.02 Å². The van der Waals surface area contributed by atoms with Crippen LogP contribution in [0.1, 0.15) is 31.2 Å². The van der Waals surface area contributed by atoms with Gasteiger partial charge < -0.3 is 10.2 Å². The second kappa shape index (κ2) is 4.46. The zero-order valence-electron chi connectivity index (χ0n) is 10.1. The van der Waals surface area contributed by atoms with E-state index in [1.165, 1.54) is 31.2 Å². The lowest BCUT2D eigenvalue weighted by Crippen LogP contribution is -2.21. The molecule has 2 aliphatic rings. The predicted octanol–water partition coefficient (Wildman–Crippen LogP) is 2.59. The first-order valence-electron chi connectivity index (χ1n) is 6.34. The summed E-state index contributed by atoms with van der Waals surface area (Å²) in [6, 6.07) is 3.41. The summed E-state index contributed by atoms with van der Waals surface area (Å²) in [6.45, 7) is 0.880. The highest BCUT2D eigenvalue weighted by Gasteiger charge is 2.28. The summed E-state index contributed by atoms with van der Waals surface area (Å²) in [7, 11) is 2.08. The Labute approximate surface area is 107 Å². The zero-order valence-corrected chi connectivity index (χ0v) is 10.9. The third-order valence-electron chi connectivity index (χ3n) is 3.48. The molecule has 3 nitrogen and oxygen atoms in total. The van der Waals surface area contributed by atoms with Crippen LogP contribution in [0.25, 0.3) is 0 Å². The molecule has 0 radical (unpaired) electrons. The van der Waals surface area contributed by atoms with Crippen LogP contribution in [0.4, 0.5) is 5.82 Å². The van der Waals surface area contributed by atoms with Gasteiger partial charge in [0.1, 0.15) is 5.82 Å². The smallest absolute Gasteiger partial charge is 0.147 e. The van der Waals surface area contributed by atoms with E-state index in [1.54, 1.807) is 0 Å². The molecule has 1 aromatic heterocycles. The number of pyridine rings is 1. The van der Waals surface area contributed by atoms with Crippen LogP contribution in [-0.2, 0) is 6.54 Å². The van der Waals surface area contributed by atoms with Crippen molar-refractivity contribution >= 4 is 17.4 Å². The molecule has 2 fully saturated rings. The van der Waals surface area contributed by atoms with E-state index in [9.17, 15) is 0 Å². The second-order valence-corrected chi connectivity index (χ2v) is 5.55. The van der Waals surface area contributed by atoms with Crippen LogP contribution in [-0.4, -0.2) is 24.1 Å². The average Bonchev–Trinajstić information content (AvgIpc) is 3.17. The predicted molar refractivity (Wildman–Crippen MR) is 70.5 cm³/mol. The van der Waals surface area contributed by atoms with E-state index in [-0.39, 0.29) is 0 Å². The average molecular weight is 252 g/mol. The molecule has 2 aliphatic carbocycles. The Balaban J connectivity index is 1.68. The molecular weight excluding hydrogens is 234 g/mol. The van der Waals surface area contributed by atoms with Gasteiger partial charge in [-0.25, -0.2) is 4.98 Å². The molecule has 0 aliphatic heterocycles. The molecule has 1 aromatic rings. The lowest BCUT2D eigenvalue weighted by atomic mass is 10.2. The molecule has 0 spiro atoms. The van der Waals surface area contributed by atoms with E-state index in [0.29, 0.717) is 6.04 Å². The number of aromatic nitrogens is 1. The Hall–Kier alpha value is -0.800. The largest absolute Gasteiger partial charge is 0.355 e. The van der Waals surface area contributed by atoms with Crippen LogP contribution in [0.3, 0.4) is 0 Å². The van der Waals surface area contributed by atoms with Crippen LogP contribution in [0.5, 0.6) is 0 Å². The number of rotatable bonds is 5. The highest BCUT2D eigenvalue weighted by Crippen LogP contribution is 2.33. The number of anilines is 1. The van der Waals surface area contributed by atoms with Gasteiger partial charge in [0.2, 0.25) is 0 Å². The third kappa shape index (κ3) is 2.72. The maximum Gasteiger partial charge on any atom is 0.147 e. The van der Waals surface area contributed by atoms with E-state index in [4.69, 9.17) is 11.6 Å². The highest BCUT2D eigenvalue weighted by molar-refractivity contribution is 6.33. The van der Waals surface area contributed by atoms with Gasteiger partial charge in [0, 0.05) is 31.9 Å². The van der Waals surface area contributed by atoms with E-state index in [1.807, 2.05) is 12.3 Å². The maximum absolute atomic E-state index is 6.30. The summed E-state index contributed by atoms with van der Waals surface area (Å²) in [5.74, 6) is 0.921. The molecule has 92 valence electrons. The van der Waals surface area contributed by atoms with Crippen molar-refractivity contribution in [2.75, 3.05) is 11.9 Å². The van der Waals surface area contributed by atoms with Crippen molar-refractivity contribution in [1.29, 1.82) is 0 Å². The van der Waals surface area contributed by atoms with E-state index < -0.39 is 0 Å². The Bertz CT molecular complexity index is 413. The Morgan fingerprint density at radius 1 is 1.41 bits per heavy atom. The van der Waals surface area contributed by atoms with Crippen LogP contribution in [0.15, 0.2) is 12.3 Å². The molecule has 3 rings (SSSR count). The van der Waals surface area contributed by atoms with Gasteiger partial charge in [0.25, 0.3) is 0 Å². The Morgan fingerprint density at radius 2 is 2.18 bits per heavy atom. The summed E-state index contributed by atoms with van der Waals surface area (Å²) in [4.78, 5) is 6.69. The van der Waals surface area contributed by atoms with Gasteiger partial charge in [0.05, 0.1) is 5.02 Å². The van der Waals surface area contributed by atoms with Crippen molar-refractivity contribution in [3.63, 3.8) is 0 Å². The fraction of sp³-hybridized carbons (Fsp3) is 0.615. The summed E-state index contributed by atoms with van der Waals surface area (Å²) >= 11 is 6.30. The molecular formula is C13H18ClN3. The van der Waals surface area contributed by atoms with Gasteiger partial charge in [-0.15, -0.1) is 0 Å². The minimum absolute atomic E-state index is 0.649. The van der Waals surface area contributed by atoms with Crippen molar-refractivity contribution in [2.24, 2.45) is 0 Å². The molecule has 1 N–H and O–H groups in total. The third-order valence-corrected chi connectivity index (χ3v) is 3.76. The molecule has 0 bridgehead atoms. The number of nitrogens with one attached hydrogen (secondary N) is 1. The summed E-state index contributed by atoms with van der Waals surface area (Å²) in [5, 5.41) is 4.24. The van der Waals surface area contributed by atoms with Gasteiger partial charge in [-0.05, 0) is 37.3 Å². The van der Waals surface area contributed by atoms with E-state index in [0.717, 1.165) is 23.4 Å². The van der Waals surface area contributed by atoms with Gasteiger partial charge in [0.15, 0.2) is 0 Å². The molecule has 17 heavy (non-hydrogen) atoms. The number of hydrogen-bond donors (Lipinski definition) is 1. The molecule has 0 atom stereocenters. The van der Waals surface area contributed by atoms with Crippen molar-refractivity contribution in [3.8, 4) is 0 Å². The summed E-state index contributed by atoms with van der Waals surface area (Å²) in [5.41, 5.74) is 1.18. The number of hydrogen-bond acceptors (Lipinski definition) is 3. The normalized spacial score (nSPS) is 19.4. The summed E-state index contributed by atoms with van der Waals surface area (Å²) in [6.07, 6.45) is 7.09. The SMILES string of the molecule is CN(c1ncc(CNC2CC2)cc1Cl)C1CC1. The fourth-order valence-electron chi connectivity index (χ4n) is 2.01. The molecule has 0 amide bonds. The molecule has 2 saturated carbocycles. The Morgan fingerprint density at radius 3 is 2.76 bits per heavy atom. The highest BCUT2D eigenvalue weighted by atomic mass is 35.5. The molecule has 0 unspecified atom stereocenters. The van der Waals surface area contributed by atoms with Crippen molar-refractivity contribution in [3.05, 3.63) is 22.8 Å². The zero-order chi connectivity index (χ0) is 11.8. The minimum Gasteiger partial charge on any atom is -0.355 e. The van der Waals surface area contributed by atoms with Crippen molar-refractivity contribution in [2.45, 2.75) is 44.3 Å². The molecule has 0 saturated heterocycles. The van der Waals surface area contributed by atoms with Crippen molar-refractivity contribution in [1.82, 2.24) is 10.3 Å². The molecule has 4 heteroatoms. The Kier molecular flexibility index (Phi) is 2.97. The lowest BCUT2D eigenvalue weighted by Gasteiger charge is -2.19. The quantitative estimate of drug-likeness (QED) is 0.872. The summed E-state index contributed by atoms with van der Waals surface area (Å²) < 4.78 is 0. The van der Waals surface area contributed by atoms with Gasteiger partial charge in [-0.3, -0.25) is 0 Å². The maximum atomic E-state index is 6.30. The van der Waals surface area contributed by atoms with Gasteiger partial charge >= 0.3 is 0 Å². The first-order chi connectivity index (χ1) is 8.24. The lowest BCUT2D eigenvalue weighted by molar-refractivity contribution is 0.685.